The van der Waals surface area contributed by atoms with Gasteiger partial charge in [-0.05, 0) is 37.6 Å². The molecule has 2 nitrogen and oxygen atoms in total. The third-order valence-electron chi connectivity index (χ3n) is 3.32. The minimum Gasteiger partial charge on any atom is -0.358 e. The van der Waals surface area contributed by atoms with Gasteiger partial charge in [0.25, 0.3) is 0 Å². The molecule has 0 spiro atoms. The SMILES string of the molecule is CC1(C)Cc2[nH]c3ccc(F)cc3c2CN1. The van der Waals surface area contributed by atoms with Crippen LogP contribution in [0.2, 0.25) is 0 Å². The number of nitrogens with one attached hydrogen (secondary N) is 2. The lowest BCUT2D eigenvalue weighted by molar-refractivity contribution is 0.360. The lowest BCUT2D eigenvalue weighted by Crippen LogP contribution is -2.44. The Morgan fingerprint density at radius 2 is 2.12 bits per heavy atom. The van der Waals surface area contributed by atoms with Gasteiger partial charge in [-0.3, -0.25) is 0 Å². The van der Waals surface area contributed by atoms with Crippen LogP contribution in [0.25, 0.3) is 10.9 Å². The molecule has 16 heavy (non-hydrogen) atoms. The number of benzene rings is 1. The second-order valence-corrected chi connectivity index (χ2v) is 5.19. The van der Waals surface area contributed by atoms with Gasteiger partial charge in [0.1, 0.15) is 5.82 Å². The number of hydrogen-bond acceptors (Lipinski definition) is 1. The molecule has 84 valence electrons. The Bertz CT molecular complexity index is 554. The summed E-state index contributed by atoms with van der Waals surface area (Å²) in [4.78, 5) is 3.39. The van der Waals surface area contributed by atoms with Gasteiger partial charge in [0.2, 0.25) is 0 Å². The quantitative estimate of drug-likeness (QED) is 0.699. The number of H-pyrrole nitrogens is 1. The highest BCUT2D eigenvalue weighted by molar-refractivity contribution is 5.85. The maximum atomic E-state index is 13.2. The fourth-order valence-corrected chi connectivity index (χ4v) is 2.46. The van der Waals surface area contributed by atoms with Crippen molar-refractivity contribution in [2.24, 2.45) is 0 Å². The molecule has 0 saturated carbocycles. The highest BCUT2D eigenvalue weighted by Gasteiger charge is 2.27. The van der Waals surface area contributed by atoms with Gasteiger partial charge < -0.3 is 10.3 Å². The molecule has 0 saturated heterocycles. The molecule has 0 amide bonds. The van der Waals surface area contributed by atoms with Crippen molar-refractivity contribution >= 4 is 10.9 Å². The second kappa shape index (κ2) is 3.08. The van der Waals surface area contributed by atoms with Crippen LogP contribution in [0.15, 0.2) is 18.2 Å². The fourth-order valence-electron chi connectivity index (χ4n) is 2.46. The summed E-state index contributed by atoms with van der Waals surface area (Å²) in [6, 6.07) is 4.93. The first kappa shape index (κ1) is 9.85. The predicted molar refractivity (Wildman–Crippen MR) is 62.9 cm³/mol. The van der Waals surface area contributed by atoms with E-state index in [-0.39, 0.29) is 11.4 Å². The van der Waals surface area contributed by atoms with Crippen molar-refractivity contribution in [1.29, 1.82) is 0 Å². The van der Waals surface area contributed by atoms with Gasteiger partial charge in [-0.1, -0.05) is 0 Å². The van der Waals surface area contributed by atoms with E-state index in [0.717, 1.165) is 23.9 Å². The van der Waals surface area contributed by atoms with E-state index in [1.807, 2.05) is 6.07 Å². The largest absolute Gasteiger partial charge is 0.358 e. The highest BCUT2D eigenvalue weighted by atomic mass is 19.1. The van der Waals surface area contributed by atoms with E-state index in [9.17, 15) is 4.39 Å². The molecule has 2 aromatic rings. The molecule has 1 aromatic heterocycles. The fraction of sp³-hybridized carbons (Fsp3) is 0.385. The van der Waals surface area contributed by atoms with E-state index in [2.05, 4.69) is 24.1 Å². The molecule has 0 radical (unpaired) electrons. The predicted octanol–water partition coefficient (Wildman–Crippen LogP) is 2.73. The lowest BCUT2D eigenvalue weighted by atomic mass is 9.91. The van der Waals surface area contributed by atoms with Gasteiger partial charge in [-0.15, -0.1) is 0 Å². The number of aromatic amines is 1. The summed E-state index contributed by atoms with van der Waals surface area (Å²) in [6.07, 6.45) is 0.957. The van der Waals surface area contributed by atoms with Crippen LogP contribution < -0.4 is 5.32 Å². The zero-order chi connectivity index (χ0) is 11.3. The first-order valence-corrected chi connectivity index (χ1v) is 5.59. The van der Waals surface area contributed by atoms with Crippen molar-refractivity contribution < 1.29 is 4.39 Å². The van der Waals surface area contributed by atoms with Crippen molar-refractivity contribution in [2.75, 3.05) is 0 Å². The topological polar surface area (TPSA) is 27.8 Å². The molecule has 1 aliphatic rings. The molecule has 3 rings (SSSR count). The van der Waals surface area contributed by atoms with E-state index in [1.54, 1.807) is 6.07 Å². The lowest BCUT2D eigenvalue weighted by Gasteiger charge is -2.31. The van der Waals surface area contributed by atoms with Crippen molar-refractivity contribution in [3.63, 3.8) is 0 Å². The molecule has 0 aliphatic carbocycles. The van der Waals surface area contributed by atoms with Crippen LogP contribution in [0.3, 0.4) is 0 Å². The van der Waals surface area contributed by atoms with E-state index in [0.29, 0.717) is 0 Å². The Morgan fingerprint density at radius 3 is 2.94 bits per heavy atom. The van der Waals surface area contributed by atoms with Crippen LogP contribution in [-0.4, -0.2) is 10.5 Å². The maximum Gasteiger partial charge on any atom is 0.123 e. The molecule has 0 bridgehead atoms. The molecule has 1 aliphatic heterocycles. The summed E-state index contributed by atoms with van der Waals surface area (Å²) in [6.45, 7) is 5.18. The number of rotatable bonds is 0. The molecule has 2 N–H and O–H groups in total. The molecule has 2 heterocycles. The van der Waals surface area contributed by atoms with Crippen molar-refractivity contribution in [3.8, 4) is 0 Å². The summed E-state index contributed by atoms with van der Waals surface area (Å²) in [5.41, 5.74) is 3.61. The molecule has 1 aromatic carbocycles. The molecule has 3 heteroatoms. The Hall–Kier alpha value is -1.35. The van der Waals surface area contributed by atoms with E-state index >= 15 is 0 Å². The number of fused-ring (bicyclic) bond motifs is 3. The third-order valence-corrected chi connectivity index (χ3v) is 3.32. The highest BCUT2D eigenvalue weighted by Crippen LogP contribution is 2.29. The second-order valence-electron chi connectivity index (χ2n) is 5.19. The molecular formula is C13H15FN2. The zero-order valence-electron chi connectivity index (χ0n) is 9.52. The minimum atomic E-state index is -0.167. The van der Waals surface area contributed by atoms with Crippen LogP contribution in [0.4, 0.5) is 4.39 Å². The van der Waals surface area contributed by atoms with Crippen LogP contribution in [0.5, 0.6) is 0 Å². The van der Waals surface area contributed by atoms with Crippen LogP contribution in [0, 0.1) is 5.82 Å². The number of aromatic nitrogens is 1. The average Bonchev–Trinajstić information content (AvgIpc) is 2.52. The Kier molecular flexibility index (Phi) is 1.89. The van der Waals surface area contributed by atoms with E-state index in [4.69, 9.17) is 0 Å². The van der Waals surface area contributed by atoms with E-state index < -0.39 is 0 Å². The average molecular weight is 218 g/mol. The maximum absolute atomic E-state index is 13.2. The molecule has 0 atom stereocenters. The molecular weight excluding hydrogens is 203 g/mol. The molecule has 0 fully saturated rings. The normalized spacial score (nSPS) is 18.7. The Morgan fingerprint density at radius 1 is 1.31 bits per heavy atom. The monoisotopic (exact) mass is 218 g/mol. The van der Waals surface area contributed by atoms with Crippen molar-refractivity contribution in [2.45, 2.75) is 32.4 Å². The summed E-state index contributed by atoms with van der Waals surface area (Å²) in [5.74, 6) is -0.167. The van der Waals surface area contributed by atoms with Crippen molar-refractivity contribution in [3.05, 3.63) is 35.3 Å². The molecule has 0 unspecified atom stereocenters. The van der Waals surface area contributed by atoms with Crippen LogP contribution in [0.1, 0.15) is 25.1 Å². The minimum absolute atomic E-state index is 0.117. The first-order chi connectivity index (χ1) is 7.55. The van der Waals surface area contributed by atoms with E-state index in [1.165, 1.54) is 17.3 Å². The van der Waals surface area contributed by atoms with Gasteiger partial charge in [-0.25, -0.2) is 4.39 Å². The van der Waals surface area contributed by atoms with Crippen LogP contribution >= 0.6 is 0 Å². The number of halogens is 1. The van der Waals surface area contributed by atoms with Gasteiger partial charge >= 0.3 is 0 Å². The zero-order valence-corrected chi connectivity index (χ0v) is 9.52. The standard InChI is InChI=1S/C13H15FN2/c1-13(2)6-12-10(7-15-13)9-5-8(14)3-4-11(9)16-12/h3-5,15-16H,6-7H2,1-2H3. The van der Waals surface area contributed by atoms with Gasteiger partial charge in [0.15, 0.2) is 0 Å². The summed E-state index contributed by atoms with van der Waals surface area (Å²) in [7, 11) is 0. The number of hydrogen-bond donors (Lipinski definition) is 2. The van der Waals surface area contributed by atoms with Gasteiger partial charge in [0, 0.05) is 35.1 Å². The van der Waals surface area contributed by atoms with Gasteiger partial charge in [0.05, 0.1) is 0 Å². The first-order valence-electron chi connectivity index (χ1n) is 5.59. The summed E-state index contributed by atoms with van der Waals surface area (Å²) >= 11 is 0. The summed E-state index contributed by atoms with van der Waals surface area (Å²) in [5, 5.41) is 4.48. The van der Waals surface area contributed by atoms with Gasteiger partial charge in [-0.2, -0.15) is 0 Å². The summed E-state index contributed by atoms with van der Waals surface area (Å²) < 4.78 is 13.2. The Balaban J connectivity index is 2.21. The third kappa shape index (κ3) is 1.43. The Labute approximate surface area is 93.9 Å². The smallest absolute Gasteiger partial charge is 0.123 e. The van der Waals surface area contributed by atoms with Crippen LogP contribution in [-0.2, 0) is 13.0 Å². The van der Waals surface area contributed by atoms with Crippen molar-refractivity contribution in [1.82, 2.24) is 10.3 Å².